The maximum atomic E-state index is 12.0. The molecule has 0 spiro atoms. The van der Waals surface area contributed by atoms with Gasteiger partial charge >= 0.3 is 0 Å². The molecule has 5 nitrogen and oxygen atoms in total. The van der Waals surface area contributed by atoms with Gasteiger partial charge in [0.05, 0.1) is 5.69 Å². The number of hydrogen-bond acceptors (Lipinski definition) is 3. The Morgan fingerprint density at radius 2 is 2.11 bits per heavy atom. The smallest absolute Gasteiger partial charge is 0.251 e. The van der Waals surface area contributed by atoms with Gasteiger partial charge < -0.3 is 11.1 Å². The molecule has 0 aliphatic heterocycles. The number of amides is 1. The summed E-state index contributed by atoms with van der Waals surface area (Å²) in [6.45, 7) is 4.30. The van der Waals surface area contributed by atoms with E-state index in [0.29, 0.717) is 17.8 Å². The Bertz CT molecular complexity index is 596. The molecule has 100 valence electrons. The molecule has 1 heterocycles. The highest BCUT2D eigenvalue weighted by Gasteiger charge is 2.09. The third kappa shape index (κ3) is 3.13. The van der Waals surface area contributed by atoms with Gasteiger partial charge in [0.2, 0.25) is 0 Å². The molecule has 0 fully saturated rings. The number of benzene rings is 1. The molecular formula is C14H18N4O. The lowest BCUT2D eigenvalue weighted by atomic mass is 10.1. The third-order valence-corrected chi connectivity index (χ3v) is 2.92. The number of carbonyl (C=O) groups excluding carboxylic acids is 1. The van der Waals surface area contributed by atoms with E-state index < -0.39 is 0 Å². The van der Waals surface area contributed by atoms with Gasteiger partial charge in [-0.25, -0.2) is 0 Å². The summed E-state index contributed by atoms with van der Waals surface area (Å²) in [5.41, 5.74) is 9.83. The quantitative estimate of drug-likeness (QED) is 0.820. The number of rotatable bonds is 3. The number of nitrogens with zero attached hydrogens (tertiary/aromatic N) is 2. The normalized spacial score (nSPS) is 10.5. The van der Waals surface area contributed by atoms with E-state index in [1.807, 2.05) is 39.2 Å². The lowest BCUT2D eigenvalue weighted by Gasteiger charge is -2.06. The van der Waals surface area contributed by atoms with Gasteiger partial charge in [0.25, 0.3) is 5.91 Å². The van der Waals surface area contributed by atoms with Crippen LogP contribution in [0.3, 0.4) is 0 Å². The summed E-state index contributed by atoms with van der Waals surface area (Å²) in [5, 5.41) is 7.11. The number of hydrogen-bond donors (Lipinski definition) is 2. The fourth-order valence-electron chi connectivity index (χ4n) is 2.04. The van der Waals surface area contributed by atoms with E-state index in [2.05, 4.69) is 10.4 Å². The lowest BCUT2D eigenvalue weighted by molar-refractivity contribution is 0.0951. The third-order valence-electron chi connectivity index (χ3n) is 2.92. The van der Waals surface area contributed by atoms with Crippen LogP contribution < -0.4 is 11.1 Å². The Morgan fingerprint density at radius 3 is 2.68 bits per heavy atom. The number of aromatic nitrogens is 2. The first-order chi connectivity index (χ1) is 8.95. The minimum atomic E-state index is -0.126. The summed E-state index contributed by atoms with van der Waals surface area (Å²) < 4.78 is 1.74. The van der Waals surface area contributed by atoms with Gasteiger partial charge in [-0.15, -0.1) is 0 Å². The Kier molecular flexibility index (Phi) is 3.55. The Balaban J connectivity index is 2.07. The molecule has 3 N–H and O–H groups in total. The van der Waals surface area contributed by atoms with Gasteiger partial charge in [-0.2, -0.15) is 5.10 Å². The minimum absolute atomic E-state index is 0.126. The monoisotopic (exact) mass is 258 g/mol. The molecule has 0 radical (unpaired) electrons. The van der Waals surface area contributed by atoms with Crippen molar-refractivity contribution in [2.45, 2.75) is 20.4 Å². The first-order valence-electron chi connectivity index (χ1n) is 6.10. The second-order valence-electron chi connectivity index (χ2n) is 4.73. The van der Waals surface area contributed by atoms with Crippen molar-refractivity contribution in [2.24, 2.45) is 7.05 Å². The summed E-state index contributed by atoms with van der Waals surface area (Å²) in [7, 11) is 1.86. The Hall–Kier alpha value is -2.30. The molecule has 0 aliphatic rings. The highest BCUT2D eigenvalue weighted by molar-refractivity contribution is 5.95. The topological polar surface area (TPSA) is 72.9 Å². The highest BCUT2D eigenvalue weighted by atomic mass is 16.1. The predicted molar refractivity (Wildman–Crippen MR) is 74.7 cm³/mol. The van der Waals surface area contributed by atoms with Crippen LogP contribution in [0.2, 0.25) is 0 Å². The number of nitrogens with one attached hydrogen (secondary N) is 1. The molecule has 0 bridgehead atoms. The fraction of sp³-hybridized carbons (Fsp3) is 0.286. The summed E-state index contributed by atoms with van der Waals surface area (Å²) in [4.78, 5) is 12.0. The van der Waals surface area contributed by atoms with Crippen LogP contribution in [0.1, 0.15) is 27.2 Å². The van der Waals surface area contributed by atoms with Gasteiger partial charge in [-0.1, -0.05) is 0 Å². The van der Waals surface area contributed by atoms with Crippen LogP contribution in [-0.2, 0) is 13.6 Å². The average molecular weight is 258 g/mol. The van der Waals surface area contributed by atoms with E-state index in [9.17, 15) is 4.79 Å². The Labute approximate surface area is 112 Å². The molecule has 1 aromatic heterocycles. The van der Waals surface area contributed by atoms with Gasteiger partial charge in [-0.3, -0.25) is 9.48 Å². The molecule has 5 heteroatoms. The maximum Gasteiger partial charge on any atom is 0.251 e. The number of nitrogens with two attached hydrogens (primary N) is 1. The molecule has 2 aromatic rings. The largest absolute Gasteiger partial charge is 0.399 e. The average Bonchev–Trinajstić information content (AvgIpc) is 2.63. The van der Waals surface area contributed by atoms with E-state index >= 15 is 0 Å². The molecule has 0 atom stereocenters. The summed E-state index contributed by atoms with van der Waals surface area (Å²) in [5.74, 6) is -0.126. The van der Waals surface area contributed by atoms with Crippen molar-refractivity contribution in [3.05, 3.63) is 46.8 Å². The fourth-order valence-corrected chi connectivity index (χ4v) is 2.04. The van der Waals surface area contributed by atoms with E-state index in [1.54, 1.807) is 10.7 Å². The minimum Gasteiger partial charge on any atom is -0.399 e. The molecule has 1 amide bonds. The Morgan fingerprint density at radius 1 is 1.37 bits per heavy atom. The van der Waals surface area contributed by atoms with E-state index in [1.165, 1.54) is 0 Å². The SMILES string of the molecule is Cc1cc(N)cc(C(=O)NCc2cn(C)nc2C)c1. The van der Waals surface area contributed by atoms with Gasteiger partial charge in [0.15, 0.2) is 0 Å². The maximum absolute atomic E-state index is 12.0. The zero-order valence-electron chi connectivity index (χ0n) is 11.4. The van der Waals surface area contributed by atoms with Crippen molar-refractivity contribution in [1.29, 1.82) is 0 Å². The number of nitrogen functional groups attached to an aromatic ring is 1. The van der Waals surface area contributed by atoms with Crippen LogP contribution in [0, 0.1) is 13.8 Å². The van der Waals surface area contributed by atoms with Crippen LogP contribution in [-0.4, -0.2) is 15.7 Å². The van der Waals surface area contributed by atoms with E-state index in [4.69, 9.17) is 5.73 Å². The number of anilines is 1. The first kappa shape index (κ1) is 13.1. The second-order valence-corrected chi connectivity index (χ2v) is 4.73. The standard InChI is InChI=1S/C14H18N4O/c1-9-4-11(6-13(15)5-9)14(19)16-7-12-8-18(3)17-10(12)2/h4-6,8H,7,15H2,1-3H3,(H,16,19). The van der Waals surface area contributed by atoms with Crippen molar-refractivity contribution in [3.8, 4) is 0 Å². The van der Waals surface area contributed by atoms with E-state index in [0.717, 1.165) is 16.8 Å². The molecular weight excluding hydrogens is 240 g/mol. The summed E-state index contributed by atoms with van der Waals surface area (Å²) in [6.07, 6.45) is 1.90. The molecule has 0 saturated carbocycles. The zero-order valence-corrected chi connectivity index (χ0v) is 11.4. The van der Waals surface area contributed by atoms with Crippen LogP contribution in [0.5, 0.6) is 0 Å². The van der Waals surface area contributed by atoms with E-state index in [-0.39, 0.29) is 5.91 Å². The van der Waals surface area contributed by atoms with Crippen LogP contribution in [0.4, 0.5) is 5.69 Å². The number of aryl methyl sites for hydroxylation is 3. The zero-order chi connectivity index (χ0) is 14.0. The van der Waals surface area contributed by atoms with Gasteiger partial charge in [-0.05, 0) is 37.6 Å². The van der Waals surface area contributed by atoms with Crippen LogP contribution in [0.25, 0.3) is 0 Å². The highest BCUT2D eigenvalue weighted by Crippen LogP contribution is 2.11. The van der Waals surface area contributed by atoms with Crippen molar-refractivity contribution in [1.82, 2.24) is 15.1 Å². The molecule has 0 saturated heterocycles. The van der Waals surface area contributed by atoms with Gasteiger partial charge in [0, 0.05) is 36.6 Å². The van der Waals surface area contributed by atoms with Crippen molar-refractivity contribution < 1.29 is 4.79 Å². The lowest BCUT2D eigenvalue weighted by Crippen LogP contribution is -2.23. The summed E-state index contributed by atoms with van der Waals surface area (Å²) >= 11 is 0. The molecule has 1 aromatic carbocycles. The van der Waals surface area contributed by atoms with Crippen molar-refractivity contribution in [2.75, 3.05) is 5.73 Å². The molecule has 2 rings (SSSR count). The van der Waals surface area contributed by atoms with Crippen molar-refractivity contribution in [3.63, 3.8) is 0 Å². The molecule has 0 aliphatic carbocycles. The number of carbonyl (C=O) groups is 1. The van der Waals surface area contributed by atoms with Crippen LogP contribution in [0.15, 0.2) is 24.4 Å². The van der Waals surface area contributed by atoms with Crippen molar-refractivity contribution >= 4 is 11.6 Å². The first-order valence-corrected chi connectivity index (χ1v) is 6.10. The molecule has 19 heavy (non-hydrogen) atoms. The van der Waals surface area contributed by atoms with Crippen LogP contribution >= 0.6 is 0 Å². The van der Waals surface area contributed by atoms with Gasteiger partial charge in [0.1, 0.15) is 0 Å². The second kappa shape index (κ2) is 5.14. The predicted octanol–water partition coefficient (Wildman–Crippen LogP) is 1.55. The summed E-state index contributed by atoms with van der Waals surface area (Å²) in [6, 6.07) is 5.34. The molecule has 0 unspecified atom stereocenters.